The number of fused-ring (bicyclic) bond motifs is 1. The van der Waals surface area contributed by atoms with E-state index < -0.39 is 60.2 Å². The van der Waals surface area contributed by atoms with Gasteiger partial charge in [-0.05, 0) is 59.7 Å². The van der Waals surface area contributed by atoms with Crippen LogP contribution in [0.3, 0.4) is 0 Å². The standard InChI is InChI=1S/C36H47N11O6/c37-35(38)41-15-3-7-26-31(50)43-20-30(49)44-27(8-4-16-42-36(39)40)32(51)46-29(19-22-9-12-23-5-1-2-6-24(23)17-22)34(53)47-28(33(52)45-26)18-21-10-13-25(48)14-11-21/h1-2,5-6,9-14,17,26-29,48H,3-4,7-8,15-16,18-20H2,(H,43,50)(H,44,49)(H,45,52)(H,46,51)(H,47,53)(H4,37,38,41)(H4,39,40,42)/t26-,27-,28-,29-/m0/s1. The summed E-state index contributed by atoms with van der Waals surface area (Å²) < 4.78 is 0. The number of rotatable bonds is 12. The SMILES string of the molecule is NC(N)=NCCC[C@@H]1NC(=O)CNC(=O)[C@H](CCCN=C(N)N)NC(=O)[C@H](Cc2ccc(O)cc2)NC(=O)[C@H](Cc2ccc3ccccc3c2)NC1=O. The number of guanidine groups is 2. The van der Waals surface area contributed by atoms with Crippen LogP contribution in [0.5, 0.6) is 5.75 Å². The summed E-state index contributed by atoms with van der Waals surface area (Å²) >= 11 is 0. The maximum absolute atomic E-state index is 14.2. The molecule has 0 aromatic heterocycles. The maximum Gasteiger partial charge on any atom is 0.243 e. The van der Waals surface area contributed by atoms with Crippen LogP contribution < -0.4 is 49.5 Å². The third-order valence-electron chi connectivity index (χ3n) is 8.49. The minimum absolute atomic E-state index is 0.0102. The number of aromatic hydroxyl groups is 1. The first kappa shape index (κ1) is 39.4. The van der Waals surface area contributed by atoms with E-state index in [1.807, 2.05) is 42.5 Å². The molecule has 1 saturated heterocycles. The summed E-state index contributed by atoms with van der Waals surface area (Å²) in [4.78, 5) is 76.3. The molecule has 1 heterocycles. The van der Waals surface area contributed by atoms with Gasteiger partial charge < -0.3 is 54.6 Å². The molecule has 0 bridgehead atoms. The Labute approximate surface area is 306 Å². The molecule has 0 aliphatic carbocycles. The van der Waals surface area contributed by atoms with Gasteiger partial charge in [0.05, 0.1) is 6.54 Å². The number of nitrogens with two attached hydrogens (primary N) is 4. The van der Waals surface area contributed by atoms with Gasteiger partial charge in [-0.25, -0.2) is 0 Å². The molecule has 0 unspecified atom stereocenters. The van der Waals surface area contributed by atoms with Crippen LogP contribution in [-0.4, -0.2) is 90.4 Å². The van der Waals surface area contributed by atoms with E-state index in [4.69, 9.17) is 22.9 Å². The van der Waals surface area contributed by atoms with Gasteiger partial charge in [-0.15, -0.1) is 0 Å². The third-order valence-corrected chi connectivity index (χ3v) is 8.49. The summed E-state index contributed by atoms with van der Waals surface area (Å²) in [5.41, 5.74) is 23.1. The van der Waals surface area contributed by atoms with Crippen molar-refractivity contribution in [3.63, 3.8) is 0 Å². The van der Waals surface area contributed by atoms with Gasteiger partial charge in [0.2, 0.25) is 29.5 Å². The van der Waals surface area contributed by atoms with Crippen LogP contribution in [0.1, 0.15) is 36.8 Å². The normalized spacial score (nSPS) is 20.0. The number of nitrogens with zero attached hydrogens (tertiary/aromatic N) is 2. The molecule has 3 aromatic carbocycles. The molecule has 14 N–H and O–H groups in total. The molecule has 1 aliphatic rings. The number of amides is 5. The monoisotopic (exact) mass is 729 g/mol. The molecular weight excluding hydrogens is 682 g/mol. The fourth-order valence-electron chi connectivity index (χ4n) is 5.79. The van der Waals surface area contributed by atoms with Gasteiger partial charge in [0.1, 0.15) is 29.9 Å². The van der Waals surface area contributed by atoms with Crippen molar-refractivity contribution < 1.29 is 29.1 Å². The number of benzene rings is 3. The Bertz CT molecular complexity index is 1820. The lowest BCUT2D eigenvalue weighted by Gasteiger charge is -2.26. The average molecular weight is 730 g/mol. The first-order chi connectivity index (χ1) is 25.4. The molecule has 1 aliphatic heterocycles. The highest BCUT2D eigenvalue weighted by molar-refractivity contribution is 5.97. The Kier molecular flexibility index (Phi) is 14.3. The fourth-order valence-corrected chi connectivity index (χ4v) is 5.79. The Morgan fingerprint density at radius 1 is 0.604 bits per heavy atom. The molecule has 0 radical (unpaired) electrons. The van der Waals surface area contributed by atoms with E-state index >= 15 is 0 Å². The average Bonchev–Trinajstić information content (AvgIpc) is 3.12. The molecule has 4 rings (SSSR count). The van der Waals surface area contributed by atoms with Crippen LogP contribution in [0.15, 0.2) is 76.7 Å². The lowest BCUT2D eigenvalue weighted by atomic mass is 9.99. The zero-order chi connectivity index (χ0) is 38.3. The van der Waals surface area contributed by atoms with E-state index in [2.05, 4.69) is 36.6 Å². The van der Waals surface area contributed by atoms with Gasteiger partial charge in [-0.1, -0.05) is 54.6 Å². The molecule has 4 atom stereocenters. The Balaban J connectivity index is 1.70. The van der Waals surface area contributed by atoms with Crippen molar-refractivity contribution >= 4 is 52.2 Å². The largest absolute Gasteiger partial charge is 0.508 e. The maximum atomic E-state index is 14.2. The number of hydrogen-bond donors (Lipinski definition) is 10. The number of hydrogen-bond acceptors (Lipinski definition) is 8. The van der Waals surface area contributed by atoms with Gasteiger partial charge >= 0.3 is 0 Å². The van der Waals surface area contributed by atoms with Gasteiger partial charge in [0.15, 0.2) is 11.9 Å². The number of carbonyl (C=O) groups is 5. The quantitative estimate of drug-likeness (QED) is 0.0585. The lowest BCUT2D eigenvalue weighted by Crippen LogP contribution is -2.58. The molecule has 17 heteroatoms. The molecule has 0 saturated carbocycles. The first-order valence-corrected chi connectivity index (χ1v) is 17.2. The highest BCUT2D eigenvalue weighted by atomic mass is 16.3. The minimum Gasteiger partial charge on any atom is -0.508 e. The van der Waals surface area contributed by atoms with Gasteiger partial charge in [0.25, 0.3) is 0 Å². The van der Waals surface area contributed by atoms with Crippen molar-refractivity contribution in [1.29, 1.82) is 0 Å². The summed E-state index contributed by atoms with van der Waals surface area (Å²) in [7, 11) is 0. The van der Waals surface area contributed by atoms with Gasteiger partial charge in [-0.2, -0.15) is 0 Å². The molecule has 53 heavy (non-hydrogen) atoms. The van der Waals surface area contributed by atoms with Crippen LogP contribution in [0.25, 0.3) is 10.8 Å². The van der Waals surface area contributed by atoms with Crippen molar-refractivity contribution in [2.45, 2.75) is 62.7 Å². The van der Waals surface area contributed by atoms with E-state index in [1.165, 1.54) is 12.1 Å². The molecule has 3 aromatic rings. The second-order valence-corrected chi connectivity index (χ2v) is 12.7. The topological polar surface area (TPSA) is 295 Å². The second-order valence-electron chi connectivity index (χ2n) is 12.7. The van der Waals surface area contributed by atoms with Gasteiger partial charge in [0, 0.05) is 25.9 Å². The second kappa shape index (κ2) is 19.3. The number of carbonyl (C=O) groups excluding carboxylic acids is 5. The van der Waals surface area contributed by atoms with Crippen molar-refractivity contribution in [2.75, 3.05) is 19.6 Å². The Hall–Kier alpha value is -6.39. The summed E-state index contributed by atoms with van der Waals surface area (Å²) in [6.07, 6.45) is 0.802. The van der Waals surface area contributed by atoms with Crippen molar-refractivity contribution in [3.8, 4) is 5.75 Å². The summed E-state index contributed by atoms with van der Waals surface area (Å²) in [5, 5.41) is 25.2. The zero-order valence-corrected chi connectivity index (χ0v) is 29.2. The van der Waals surface area contributed by atoms with E-state index in [0.29, 0.717) is 18.4 Å². The highest BCUT2D eigenvalue weighted by Gasteiger charge is 2.32. The number of aliphatic imine (C=N–C) groups is 2. The predicted octanol–water partition coefficient (Wildman–Crippen LogP) is -1.49. The van der Waals surface area contributed by atoms with E-state index in [0.717, 1.165) is 16.3 Å². The zero-order valence-electron chi connectivity index (χ0n) is 29.2. The molecule has 282 valence electrons. The Morgan fingerprint density at radius 3 is 1.68 bits per heavy atom. The summed E-state index contributed by atoms with van der Waals surface area (Å²) in [6.45, 7) is -0.165. The smallest absolute Gasteiger partial charge is 0.243 e. The number of phenols is 1. The predicted molar refractivity (Wildman–Crippen MR) is 200 cm³/mol. The van der Waals surface area contributed by atoms with Crippen LogP contribution in [0.2, 0.25) is 0 Å². The van der Waals surface area contributed by atoms with E-state index in [9.17, 15) is 29.1 Å². The van der Waals surface area contributed by atoms with E-state index in [-0.39, 0.29) is 56.4 Å². The van der Waals surface area contributed by atoms with Crippen LogP contribution in [0, 0.1) is 0 Å². The molecule has 17 nitrogen and oxygen atoms in total. The van der Waals surface area contributed by atoms with Crippen LogP contribution >= 0.6 is 0 Å². The number of phenolic OH excluding ortho intramolecular Hbond substituents is 1. The first-order valence-electron chi connectivity index (χ1n) is 17.2. The summed E-state index contributed by atoms with van der Waals surface area (Å²) in [6, 6.07) is 14.7. The van der Waals surface area contributed by atoms with Crippen molar-refractivity contribution in [3.05, 3.63) is 77.9 Å². The van der Waals surface area contributed by atoms with Gasteiger partial charge in [-0.3, -0.25) is 34.0 Å². The highest BCUT2D eigenvalue weighted by Crippen LogP contribution is 2.18. The van der Waals surface area contributed by atoms with Crippen LogP contribution in [-0.2, 0) is 36.8 Å². The molecule has 5 amide bonds. The molecular formula is C36H47N11O6. The van der Waals surface area contributed by atoms with E-state index in [1.54, 1.807) is 12.1 Å². The molecule has 1 fully saturated rings. The summed E-state index contributed by atoms with van der Waals surface area (Å²) in [5.74, 6) is -3.65. The fraction of sp³-hybridized carbons (Fsp3) is 0.361. The number of nitrogens with one attached hydrogen (secondary N) is 5. The van der Waals surface area contributed by atoms with Crippen LogP contribution in [0.4, 0.5) is 0 Å². The van der Waals surface area contributed by atoms with Crippen molar-refractivity contribution in [2.24, 2.45) is 32.9 Å². The minimum atomic E-state index is -1.23. The molecule has 0 spiro atoms. The van der Waals surface area contributed by atoms with Crippen molar-refractivity contribution in [1.82, 2.24) is 26.6 Å². The Morgan fingerprint density at radius 2 is 1.09 bits per heavy atom. The third kappa shape index (κ3) is 12.7. The lowest BCUT2D eigenvalue weighted by molar-refractivity contribution is -0.134.